The number of aromatic nitrogens is 4. The monoisotopic (exact) mass is 250 g/mol. The highest BCUT2D eigenvalue weighted by molar-refractivity contribution is 7.16. The van der Waals surface area contributed by atoms with Gasteiger partial charge in [-0.1, -0.05) is 11.3 Å². The maximum absolute atomic E-state index is 12.0. The summed E-state index contributed by atoms with van der Waals surface area (Å²) in [5, 5.41) is 11.3. The molecule has 0 saturated carbocycles. The molecular formula is C7H5F3N4OS. The molecule has 0 aliphatic rings. The molecule has 0 atom stereocenters. The maximum Gasteiger partial charge on any atom is 0.450 e. The summed E-state index contributed by atoms with van der Waals surface area (Å²) in [5.41, 5.74) is 0. The van der Waals surface area contributed by atoms with E-state index in [2.05, 4.69) is 15.3 Å². The summed E-state index contributed by atoms with van der Waals surface area (Å²) in [4.78, 5) is 11.1. The second kappa shape index (κ2) is 3.51. The van der Waals surface area contributed by atoms with Gasteiger partial charge in [0.05, 0.1) is 6.42 Å². The van der Waals surface area contributed by atoms with Gasteiger partial charge in [0, 0.05) is 0 Å². The van der Waals surface area contributed by atoms with Crippen LogP contribution in [-0.2, 0) is 11.2 Å². The summed E-state index contributed by atoms with van der Waals surface area (Å²) in [6, 6.07) is 0. The Bertz CT molecular complexity index is 543. The minimum atomic E-state index is -4.82. The second-order valence-corrected chi connectivity index (χ2v) is 4.08. The molecule has 0 aromatic carbocycles. The molecule has 0 bridgehead atoms. The number of aryl methyl sites for hydroxylation is 1. The number of Topliss-reactive ketones (excluding diaryl/α,β-unsaturated/α-hetero) is 1. The maximum atomic E-state index is 12.0. The highest BCUT2D eigenvalue weighted by Gasteiger charge is 2.38. The SMILES string of the molecule is Cc1nnc2sc(CC(=O)C(F)(F)F)nn12. The van der Waals surface area contributed by atoms with Crippen LogP contribution < -0.4 is 0 Å². The summed E-state index contributed by atoms with van der Waals surface area (Å²) < 4.78 is 37.3. The van der Waals surface area contributed by atoms with Crippen LogP contribution in [0.25, 0.3) is 4.96 Å². The van der Waals surface area contributed by atoms with Gasteiger partial charge in [0.1, 0.15) is 5.01 Å². The highest BCUT2D eigenvalue weighted by Crippen LogP contribution is 2.21. The fourth-order valence-electron chi connectivity index (χ4n) is 1.06. The zero-order valence-electron chi connectivity index (χ0n) is 7.95. The molecule has 0 N–H and O–H groups in total. The third kappa shape index (κ3) is 1.90. The topological polar surface area (TPSA) is 60.2 Å². The minimum Gasteiger partial charge on any atom is -0.289 e. The summed E-state index contributed by atoms with van der Waals surface area (Å²) in [5.74, 6) is -1.34. The van der Waals surface area contributed by atoms with Crippen molar-refractivity contribution in [3.63, 3.8) is 0 Å². The van der Waals surface area contributed by atoms with Crippen molar-refractivity contribution in [2.24, 2.45) is 0 Å². The Morgan fingerprint density at radius 2 is 2.12 bits per heavy atom. The lowest BCUT2D eigenvalue weighted by molar-refractivity contribution is -0.170. The number of hydrogen-bond donors (Lipinski definition) is 0. The first-order valence-electron chi connectivity index (χ1n) is 4.15. The smallest absolute Gasteiger partial charge is 0.289 e. The number of nitrogens with zero attached hydrogens (tertiary/aromatic N) is 4. The number of halogens is 3. The molecule has 2 aromatic rings. The van der Waals surface area contributed by atoms with E-state index in [1.54, 1.807) is 6.92 Å². The van der Waals surface area contributed by atoms with E-state index in [1.807, 2.05) is 0 Å². The van der Waals surface area contributed by atoms with Gasteiger partial charge in [-0.05, 0) is 6.92 Å². The van der Waals surface area contributed by atoms with Crippen molar-refractivity contribution < 1.29 is 18.0 Å². The first-order valence-corrected chi connectivity index (χ1v) is 4.97. The molecule has 0 amide bonds. The normalized spacial score (nSPS) is 12.2. The molecule has 5 nitrogen and oxygen atoms in total. The number of carbonyl (C=O) groups is 1. The minimum absolute atomic E-state index is 0.0790. The van der Waals surface area contributed by atoms with E-state index >= 15 is 0 Å². The van der Waals surface area contributed by atoms with Gasteiger partial charge in [0.15, 0.2) is 5.82 Å². The number of carbonyl (C=O) groups excluding carboxylic acids is 1. The van der Waals surface area contributed by atoms with Crippen molar-refractivity contribution in [2.75, 3.05) is 0 Å². The van der Waals surface area contributed by atoms with Crippen molar-refractivity contribution in [3.8, 4) is 0 Å². The lowest BCUT2D eigenvalue weighted by Crippen LogP contribution is -2.24. The Morgan fingerprint density at radius 3 is 2.69 bits per heavy atom. The predicted octanol–water partition coefficient (Wildman–Crippen LogP) is 1.17. The number of alkyl halides is 3. The molecule has 0 spiro atoms. The van der Waals surface area contributed by atoms with Crippen molar-refractivity contribution >= 4 is 22.1 Å². The number of rotatable bonds is 2. The third-order valence-electron chi connectivity index (χ3n) is 1.82. The molecule has 9 heteroatoms. The zero-order chi connectivity index (χ0) is 11.9. The third-order valence-corrected chi connectivity index (χ3v) is 2.72. The Labute approximate surface area is 90.9 Å². The quantitative estimate of drug-likeness (QED) is 0.802. The van der Waals surface area contributed by atoms with Crippen LogP contribution in [0.4, 0.5) is 13.2 Å². The zero-order valence-corrected chi connectivity index (χ0v) is 8.76. The summed E-state index contributed by atoms with van der Waals surface area (Å²) in [6.07, 6.45) is -5.57. The van der Waals surface area contributed by atoms with Crippen LogP contribution in [0.3, 0.4) is 0 Å². The standard InChI is InChI=1S/C7H5F3N4OS/c1-3-11-12-6-14(3)13-5(16-6)2-4(15)7(8,9)10/h2H2,1H3. The summed E-state index contributed by atoms with van der Waals surface area (Å²) >= 11 is 0.920. The summed E-state index contributed by atoms with van der Waals surface area (Å²) in [6.45, 7) is 1.62. The van der Waals surface area contributed by atoms with Crippen LogP contribution in [0.5, 0.6) is 0 Å². The van der Waals surface area contributed by atoms with Gasteiger partial charge in [-0.3, -0.25) is 4.79 Å². The molecule has 86 valence electrons. The van der Waals surface area contributed by atoms with E-state index < -0.39 is 18.4 Å². The Morgan fingerprint density at radius 1 is 1.44 bits per heavy atom. The average Bonchev–Trinajstić information content (AvgIpc) is 2.67. The van der Waals surface area contributed by atoms with Crippen LogP contribution in [0, 0.1) is 6.92 Å². The highest BCUT2D eigenvalue weighted by atomic mass is 32.1. The molecule has 2 rings (SSSR count). The van der Waals surface area contributed by atoms with Crippen LogP contribution in [0.15, 0.2) is 0 Å². The molecule has 0 aliphatic heterocycles. The van der Waals surface area contributed by atoms with Crippen LogP contribution in [0.1, 0.15) is 10.8 Å². The van der Waals surface area contributed by atoms with E-state index in [9.17, 15) is 18.0 Å². The first-order chi connectivity index (χ1) is 7.38. The van der Waals surface area contributed by atoms with Crippen LogP contribution >= 0.6 is 11.3 Å². The van der Waals surface area contributed by atoms with Crippen molar-refractivity contribution in [1.82, 2.24) is 19.8 Å². The van der Waals surface area contributed by atoms with Crippen molar-refractivity contribution in [1.29, 1.82) is 0 Å². The van der Waals surface area contributed by atoms with Gasteiger partial charge in [0.2, 0.25) is 10.7 Å². The largest absolute Gasteiger partial charge is 0.450 e. The molecule has 0 unspecified atom stereocenters. The lowest BCUT2D eigenvalue weighted by atomic mass is 10.3. The van der Waals surface area contributed by atoms with Crippen LogP contribution in [-0.4, -0.2) is 31.8 Å². The number of hydrogen-bond acceptors (Lipinski definition) is 5. The van der Waals surface area contributed by atoms with E-state index in [1.165, 1.54) is 4.52 Å². The molecule has 0 fully saturated rings. The van der Waals surface area contributed by atoms with E-state index in [0.29, 0.717) is 10.8 Å². The molecule has 2 aromatic heterocycles. The lowest BCUT2D eigenvalue weighted by Gasteiger charge is -2.01. The Hall–Kier alpha value is -1.51. The molecule has 16 heavy (non-hydrogen) atoms. The Kier molecular flexibility index (Phi) is 2.41. The molecule has 0 aliphatic carbocycles. The summed E-state index contributed by atoms with van der Waals surface area (Å²) in [7, 11) is 0. The van der Waals surface area contributed by atoms with Gasteiger partial charge >= 0.3 is 6.18 Å². The predicted molar refractivity (Wildman–Crippen MR) is 48.2 cm³/mol. The fraction of sp³-hybridized carbons (Fsp3) is 0.429. The fourth-order valence-corrected chi connectivity index (χ4v) is 1.94. The van der Waals surface area contributed by atoms with Gasteiger partial charge in [-0.25, -0.2) is 0 Å². The Balaban J connectivity index is 2.25. The second-order valence-electron chi connectivity index (χ2n) is 3.04. The van der Waals surface area contributed by atoms with E-state index in [0.717, 1.165) is 11.3 Å². The van der Waals surface area contributed by atoms with Gasteiger partial charge in [-0.15, -0.1) is 10.2 Å². The molecule has 2 heterocycles. The van der Waals surface area contributed by atoms with Crippen LogP contribution in [0.2, 0.25) is 0 Å². The molecular weight excluding hydrogens is 245 g/mol. The van der Waals surface area contributed by atoms with Crippen molar-refractivity contribution in [3.05, 3.63) is 10.8 Å². The molecule has 0 radical (unpaired) electrons. The molecule has 0 saturated heterocycles. The van der Waals surface area contributed by atoms with Gasteiger partial charge < -0.3 is 0 Å². The van der Waals surface area contributed by atoms with Gasteiger partial charge in [-0.2, -0.15) is 22.8 Å². The van der Waals surface area contributed by atoms with E-state index in [4.69, 9.17) is 0 Å². The van der Waals surface area contributed by atoms with Crippen molar-refractivity contribution in [2.45, 2.75) is 19.5 Å². The van der Waals surface area contributed by atoms with Gasteiger partial charge in [0.25, 0.3) is 0 Å². The first kappa shape index (κ1) is 11.0. The number of ketones is 1. The number of fused-ring (bicyclic) bond motifs is 1. The average molecular weight is 250 g/mol. The van der Waals surface area contributed by atoms with E-state index in [-0.39, 0.29) is 5.01 Å².